The predicted octanol–water partition coefficient (Wildman–Crippen LogP) is 2.74. The fourth-order valence-electron chi connectivity index (χ4n) is 1.47. The highest BCUT2D eigenvalue weighted by atomic mass is 32.2. The molecule has 0 saturated heterocycles. The van der Waals surface area contributed by atoms with Crippen LogP contribution in [0.4, 0.5) is 9.18 Å². The molecule has 0 aliphatic heterocycles. The molecule has 1 amide bonds. The molecule has 0 bridgehead atoms. The molecule has 0 unspecified atom stereocenters. The van der Waals surface area contributed by atoms with Gasteiger partial charge >= 0.3 is 6.09 Å². The van der Waals surface area contributed by atoms with Crippen LogP contribution in [0.15, 0.2) is 17.1 Å². The summed E-state index contributed by atoms with van der Waals surface area (Å²) < 4.78 is 28.6. The predicted molar refractivity (Wildman–Crippen MR) is 79.7 cm³/mol. The van der Waals surface area contributed by atoms with Crippen molar-refractivity contribution in [3.63, 3.8) is 0 Å². The summed E-state index contributed by atoms with van der Waals surface area (Å²) >= 11 is 1.03. The summed E-state index contributed by atoms with van der Waals surface area (Å²) in [5, 5.41) is 8.05. The number of benzene rings is 1. The monoisotopic (exact) mass is 314 g/mol. The summed E-state index contributed by atoms with van der Waals surface area (Å²) in [6.45, 7) is 0. The summed E-state index contributed by atoms with van der Waals surface area (Å²) in [6.07, 6.45) is 0.755. The third kappa shape index (κ3) is 3.94. The topological polar surface area (TPSA) is 81.0 Å². The van der Waals surface area contributed by atoms with Crippen molar-refractivity contribution in [1.29, 1.82) is 5.41 Å². The SMILES string of the molecule is COC(=O)N=C(SC)C(=N)c1cc(OC)cc(OC)c1F. The van der Waals surface area contributed by atoms with Crippen LogP contribution < -0.4 is 9.47 Å². The van der Waals surface area contributed by atoms with Gasteiger partial charge in [0, 0.05) is 11.6 Å². The zero-order valence-corrected chi connectivity index (χ0v) is 12.8. The van der Waals surface area contributed by atoms with Gasteiger partial charge in [-0.3, -0.25) is 5.41 Å². The number of aliphatic imine (C=N–C) groups is 1. The summed E-state index contributed by atoms with van der Waals surface area (Å²) in [4.78, 5) is 14.8. The lowest BCUT2D eigenvalue weighted by molar-refractivity contribution is 0.183. The summed E-state index contributed by atoms with van der Waals surface area (Å²) in [5.41, 5.74) is -0.342. The number of methoxy groups -OCH3 is 3. The first-order chi connectivity index (χ1) is 9.98. The van der Waals surface area contributed by atoms with E-state index in [1.54, 1.807) is 6.26 Å². The molecule has 0 spiro atoms. The fourth-order valence-corrected chi connectivity index (χ4v) is 1.95. The van der Waals surface area contributed by atoms with Gasteiger partial charge in [0.15, 0.2) is 11.6 Å². The van der Waals surface area contributed by atoms with Gasteiger partial charge in [0.2, 0.25) is 0 Å². The van der Waals surface area contributed by atoms with Crippen LogP contribution in [0.25, 0.3) is 0 Å². The number of carbonyl (C=O) groups is 1. The van der Waals surface area contributed by atoms with E-state index in [1.807, 2.05) is 0 Å². The van der Waals surface area contributed by atoms with Gasteiger partial charge in [0.05, 0.1) is 27.0 Å². The second kappa shape index (κ2) is 7.63. The Morgan fingerprint density at radius 1 is 1.29 bits per heavy atom. The van der Waals surface area contributed by atoms with E-state index in [9.17, 15) is 9.18 Å². The number of carbonyl (C=O) groups excluding carboxylic acids is 1. The highest BCUT2D eigenvalue weighted by molar-refractivity contribution is 8.15. The average molecular weight is 314 g/mol. The first-order valence-electron chi connectivity index (χ1n) is 5.69. The highest BCUT2D eigenvalue weighted by Gasteiger charge is 2.20. The molecule has 1 aromatic rings. The molecule has 8 heteroatoms. The number of nitrogens with zero attached hydrogens (tertiary/aromatic N) is 1. The standard InChI is InChI=1S/C13H15FN2O4S/c1-18-7-5-8(10(14)9(6-7)19-2)11(15)12(21-4)16-13(17)20-3/h5-6,15H,1-4H3. The first-order valence-corrected chi connectivity index (χ1v) is 6.92. The lowest BCUT2D eigenvalue weighted by atomic mass is 10.1. The molecule has 1 aromatic carbocycles. The first kappa shape index (κ1) is 17.0. The van der Waals surface area contributed by atoms with E-state index in [2.05, 4.69) is 9.73 Å². The Hall–Kier alpha value is -2.09. The van der Waals surface area contributed by atoms with Crippen LogP contribution in [-0.2, 0) is 4.74 Å². The van der Waals surface area contributed by atoms with Crippen molar-refractivity contribution in [1.82, 2.24) is 0 Å². The number of halogens is 1. The van der Waals surface area contributed by atoms with Crippen molar-refractivity contribution in [3.05, 3.63) is 23.5 Å². The van der Waals surface area contributed by atoms with E-state index < -0.39 is 11.9 Å². The molecule has 0 aliphatic rings. The number of nitrogens with one attached hydrogen (secondary N) is 1. The van der Waals surface area contributed by atoms with Crippen LogP contribution in [0.2, 0.25) is 0 Å². The Morgan fingerprint density at radius 2 is 1.95 bits per heavy atom. The molecule has 0 fully saturated rings. The molecule has 0 aliphatic carbocycles. The van der Waals surface area contributed by atoms with Crippen molar-refractivity contribution in [2.24, 2.45) is 4.99 Å². The number of hydrogen-bond donors (Lipinski definition) is 1. The molecule has 0 radical (unpaired) electrons. The van der Waals surface area contributed by atoms with E-state index in [4.69, 9.17) is 14.9 Å². The number of hydrogen-bond acceptors (Lipinski definition) is 6. The maximum Gasteiger partial charge on any atom is 0.434 e. The Balaban J connectivity index is 3.34. The number of rotatable bonds is 4. The number of amides is 1. The Morgan fingerprint density at radius 3 is 2.43 bits per heavy atom. The minimum absolute atomic E-state index is 0.0241. The molecular weight excluding hydrogens is 299 g/mol. The zero-order chi connectivity index (χ0) is 16.0. The average Bonchev–Trinajstić information content (AvgIpc) is 2.51. The zero-order valence-electron chi connectivity index (χ0n) is 12.0. The van der Waals surface area contributed by atoms with Crippen molar-refractivity contribution in [3.8, 4) is 11.5 Å². The van der Waals surface area contributed by atoms with E-state index in [0.717, 1.165) is 11.8 Å². The molecule has 6 nitrogen and oxygen atoms in total. The Bertz CT molecular complexity index is 590. The minimum Gasteiger partial charge on any atom is -0.497 e. The molecule has 0 aromatic heterocycles. The van der Waals surface area contributed by atoms with E-state index in [0.29, 0.717) is 5.75 Å². The van der Waals surface area contributed by atoms with Crippen LogP contribution in [0, 0.1) is 11.2 Å². The van der Waals surface area contributed by atoms with E-state index in [-0.39, 0.29) is 22.1 Å². The molecule has 1 N–H and O–H groups in total. The van der Waals surface area contributed by atoms with Crippen molar-refractivity contribution in [2.75, 3.05) is 27.6 Å². The van der Waals surface area contributed by atoms with Crippen molar-refractivity contribution in [2.45, 2.75) is 0 Å². The normalized spacial score (nSPS) is 11.0. The van der Waals surface area contributed by atoms with Crippen LogP contribution in [0.1, 0.15) is 5.56 Å². The van der Waals surface area contributed by atoms with Crippen LogP contribution in [0.3, 0.4) is 0 Å². The third-order valence-corrected chi connectivity index (χ3v) is 3.19. The van der Waals surface area contributed by atoms with Gasteiger partial charge in [-0.1, -0.05) is 0 Å². The van der Waals surface area contributed by atoms with Crippen molar-refractivity contribution < 1.29 is 23.4 Å². The van der Waals surface area contributed by atoms with Gasteiger partial charge < -0.3 is 14.2 Å². The third-order valence-electron chi connectivity index (χ3n) is 2.51. The molecule has 0 atom stereocenters. The Kier molecular flexibility index (Phi) is 6.16. The molecule has 21 heavy (non-hydrogen) atoms. The summed E-state index contributed by atoms with van der Waals surface area (Å²) in [7, 11) is 3.89. The van der Waals surface area contributed by atoms with Gasteiger partial charge in [-0.15, -0.1) is 11.8 Å². The van der Waals surface area contributed by atoms with E-state index >= 15 is 0 Å². The quantitative estimate of drug-likeness (QED) is 0.682. The van der Waals surface area contributed by atoms with Gasteiger partial charge in [-0.05, 0) is 12.3 Å². The smallest absolute Gasteiger partial charge is 0.434 e. The fraction of sp³-hybridized carbons (Fsp3) is 0.308. The van der Waals surface area contributed by atoms with Gasteiger partial charge in [-0.2, -0.15) is 4.99 Å². The lowest BCUT2D eigenvalue weighted by Gasteiger charge is -2.11. The van der Waals surface area contributed by atoms with Crippen LogP contribution in [0.5, 0.6) is 11.5 Å². The molecule has 0 heterocycles. The maximum absolute atomic E-state index is 14.3. The summed E-state index contributed by atoms with van der Waals surface area (Å²) in [6, 6.07) is 2.70. The molecule has 0 saturated carbocycles. The van der Waals surface area contributed by atoms with E-state index in [1.165, 1.54) is 33.5 Å². The second-order valence-corrected chi connectivity index (χ2v) is 4.45. The number of ether oxygens (including phenoxy) is 3. The Labute approximate surface area is 125 Å². The largest absolute Gasteiger partial charge is 0.497 e. The minimum atomic E-state index is -0.862. The van der Waals surface area contributed by atoms with Crippen LogP contribution >= 0.6 is 11.8 Å². The van der Waals surface area contributed by atoms with Crippen molar-refractivity contribution >= 4 is 28.6 Å². The summed E-state index contributed by atoms with van der Waals surface area (Å²) in [5.74, 6) is -0.464. The van der Waals surface area contributed by atoms with Gasteiger partial charge in [0.25, 0.3) is 0 Å². The highest BCUT2D eigenvalue weighted by Crippen LogP contribution is 2.28. The van der Waals surface area contributed by atoms with Crippen LogP contribution in [-0.4, -0.2) is 44.4 Å². The molecular formula is C13H15FN2O4S. The lowest BCUT2D eigenvalue weighted by Crippen LogP contribution is -2.15. The molecule has 1 rings (SSSR count). The second-order valence-electron chi connectivity index (χ2n) is 3.66. The maximum atomic E-state index is 14.3. The van der Waals surface area contributed by atoms with Gasteiger partial charge in [-0.25, -0.2) is 9.18 Å². The number of thioether (sulfide) groups is 1. The molecule has 114 valence electrons. The van der Waals surface area contributed by atoms with Gasteiger partial charge in [0.1, 0.15) is 10.8 Å².